The van der Waals surface area contributed by atoms with Gasteiger partial charge in [0, 0.05) is 71.5 Å². The van der Waals surface area contributed by atoms with Crippen LogP contribution >= 0.6 is 0 Å². The van der Waals surface area contributed by atoms with Crippen molar-refractivity contribution in [3.63, 3.8) is 0 Å². The normalized spacial score (nSPS) is 9.76. The summed E-state index contributed by atoms with van der Waals surface area (Å²) in [6.07, 6.45) is 5.00. The van der Waals surface area contributed by atoms with E-state index in [1.807, 2.05) is 64.1 Å². The third-order valence-electron chi connectivity index (χ3n) is 7.03. The van der Waals surface area contributed by atoms with Crippen molar-refractivity contribution in [1.29, 1.82) is 0 Å². The van der Waals surface area contributed by atoms with Crippen LogP contribution in [0.15, 0.2) is 157 Å². The van der Waals surface area contributed by atoms with Gasteiger partial charge in [0.1, 0.15) is 10.6 Å². The van der Waals surface area contributed by atoms with Crippen LogP contribution in [0.4, 0.5) is 22.7 Å². The number of aryl methyl sites for hydroxylation is 1. The third-order valence-corrected chi connectivity index (χ3v) is 8.31. The molecule has 0 aliphatic heterocycles. The van der Waals surface area contributed by atoms with Crippen LogP contribution in [-0.2, 0) is 47.0 Å². The van der Waals surface area contributed by atoms with Crippen LogP contribution in [0.3, 0.4) is 0 Å². The number of nitrogens with one attached hydrogen (secondary N) is 1. The molecule has 361 valence electrons. The predicted octanol–water partition coefficient (Wildman–Crippen LogP) is 17.5. The SMILES string of the molecule is CC.CCC.CCC.CCC.CCC.CCNc1ccc2c(O)c(N=Nc3[c-]cc(N=NC)c(C)c3)c(S(=O)(=O)OC)cc2c1.CN=NC.[Y].c1ccc2ccccc2c1.c1ccccc1. The van der Waals surface area contributed by atoms with E-state index in [-0.39, 0.29) is 49.0 Å². The van der Waals surface area contributed by atoms with Gasteiger partial charge in [-0.05, 0) is 58.7 Å². The minimum absolute atomic E-state index is 0. The van der Waals surface area contributed by atoms with E-state index < -0.39 is 10.1 Å². The molecule has 0 aliphatic rings. The van der Waals surface area contributed by atoms with Crippen molar-refractivity contribution < 1.29 is 50.4 Å². The third kappa shape index (κ3) is 29.7. The number of fused-ring (bicyclic) bond motifs is 2. The molecule has 0 bridgehead atoms. The van der Waals surface area contributed by atoms with E-state index in [0.29, 0.717) is 28.7 Å². The Kier molecular flexibility index (Phi) is 46.7. The molecule has 0 heterocycles. The number of phenols is 1. The van der Waals surface area contributed by atoms with Gasteiger partial charge in [-0.15, -0.1) is 22.8 Å². The topological polar surface area (TPSA) is 150 Å². The fourth-order valence-electron chi connectivity index (χ4n) is 4.51. The van der Waals surface area contributed by atoms with Crippen molar-refractivity contribution in [3.8, 4) is 5.75 Å². The minimum Gasteiger partial charge on any atom is -0.505 e. The van der Waals surface area contributed by atoms with Gasteiger partial charge in [0.05, 0.1) is 7.11 Å². The second-order valence-corrected chi connectivity index (χ2v) is 15.0. The number of aromatic hydroxyl groups is 1. The van der Waals surface area contributed by atoms with Crippen LogP contribution in [0.5, 0.6) is 5.75 Å². The van der Waals surface area contributed by atoms with Gasteiger partial charge in [0.15, 0.2) is 5.75 Å². The van der Waals surface area contributed by atoms with Crippen molar-refractivity contribution in [2.24, 2.45) is 30.7 Å². The maximum atomic E-state index is 12.5. The molecule has 2 N–H and O–H groups in total. The van der Waals surface area contributed by atoms with Gasteiger partial charge in [0.25, 0.3) is 10.1 Å². The monoisotopic (exact) mass is 1000 g/mol. The average molecular weight is 1000 g/mol. The number of azo groups is 3. The van der Waals surface area contributed by atoms with Gasteiger partial charge >= 0.3 is 0 Å². The summed E-state index contributed by atoms with van der Waals surface area (Å²) in [5.74, 6) is -0.312. The van der Waals surface area contributed by atoms with Crippen LogP contribution in [0.25, 0.3) is 21.5 Å². The molecule has 6 aromatic carbocycles. The van der Waals surface area contributed by atoms with E-state index in [2.05, 4.69) is 150 Å². The fraction of sp³-hybridized carbons (Fsp3) is 0.396. The molecule has 1 radical (unpaired) electrons. The second-order valence-electron chi connectivity index (χ2n) is 13.3. The quantitative estimate of drug-likeness (QED) is 0.0927. The van der Waals surface area contributed by atoms with Crippen molar-refractivity contribution >= 4 is 54.4 Å². The average Bonchev–Trinajstić information content (AvgIpc) is 3.32. The zero-order chi connectivity index (χ0) is 49.9. The van der Waals surface area contributed by atoms with E-state index in [9.17, 15) is 13.5 Å². The Morgan fingerprint density at radius 2 is 1.05 bits per heavy atom. The zero-order valence-electron chi connectivity index (χ0n) is 42.9. The van der Waals surface area contributed by atoms with E-state index in [1.54, 1.807) is 51.5 Å². The summed E-state index contributed by atoms with van der Waals surface area (Å²) in [4.78, 5) is -0.287. The van der Waals surface area contributed by atoms with E-state index in [4.69, 9.17) is 0 Å². The maximum Gasteiger partial charge on any atom is 0.299 e. The molecule has 11 nitrogen and oxygen atoms in total. The predicted molar refractivity (Wildman–Crippen MR) is 281 cm³/mol. The molecule has 0 amide bonds. The molecule has 0 fully saturated rings. The number of hydrogen-bond acceptors (Lipinski definition) is 11. The molecule has 0 spiro atoms. The Labute approximate surface area is 425 Å². The Balaban J connectivity index is -0.000000443. The molecule has 0 unspecified atom stereocenters. The van der Waals surface area contributed by atoms with Crippen molar-refractivity contribution in [2.75, 3.05) is 40.1 Å². The number of nitrogens with zero attached hydrogens (tertiary/aromatic N) is 6. The molecule has 66 heavy (non-hydrogen) atoms. The van der Waals surface area contributed by atoms with Gasteiger partial charge in [-0.2, -0.15) is 29.8 Å². The second kappa shape index (κ2) is 45.4. The Bertz CT molecular complexity index is 2170. The van der Waals surface area contributed by atoms with Gasteiger partial charge in [-0.3, -0.25) is 4.18 Å². The van der Waals surface area contributed by atoms with Crippen LogP contribution in [0.2, 0.25) is 0 Å². The summed E-state index contributed by atoms with van der Waals surface area (Å²) in [5, 5.41) is 40.1. The molecule has 6 aromatic rings. The van der Waals surface area contributed by atoms with Crippen LogP contribution in [0.1, 0.15) is 107 Å². The summed E-state index contributed by atoms with van der Waals surface area (Å²) < 4.78 is 29.7. The van der Waals surface area contributed by atoms with Crippen LogP contribution < -0.4 is 5.32 Å². The van der Waals surface area contributed by atoms with E-state index >= 15 is 0 Å². The molecule has 0 aromatic heterocycles. The number of rotatable bonds is 7. The van der Waals surface area contributed by atoms with Crippen LogP contribution in [-0.4, -0.2) is 48.3 Å². The molecular weight excluding hydrogens is 920 g/mol. The Morgan fingerprint density at radius 3 is 1.41 bits per heavy atom. The van der Waals surface area contributed by atoms with E-state index in [0.717, 1.165) is 18.4 Å². The summed E-state index contributed by atoms with van der Waals surface area (Å²) in [6.45, 7) is 25.5. The summed E-state index contributed by atoms with van der Waals surface area (Å²) >= 11 is 0. The van der Waals surface area contributed by atoms with Gasteiger partial charge in [-0.25, -0.2) is 10.2 Å². The first-order valence-corrected chi connectivity index (χ1v) is 23.9. The van der Waals surface area contributed by atoms with Gasteiger partial charge in [-0.1, -0.05) is 187 Å². The molecule has 13 heteroatoms. The Hall–Kier alpha value is -4.75. The zero-order valence-corrected chi connectivity index (χ0v) is 46.6. The first-order chi connectivity index (χ1) is 31.3. The summed E-state index contributed by atoms with van der Waals surface area (Å²) in [7, 11) is 1.72. The molecule has 0 saturated carbocycles. The fourth-order valence-corrected chi connectivity index (χ4v) is 5.34. The van der Waals surface area contributed by atoms with E-state index in [1.165, 1.54) is 42.5 Å². The van der Waals surface area contributed by atoms with Crippen molar-refractivity contribution in [2.45, 2.75) is 114 Å². The molecule has 6 rings (SSSR count). The molecular formula is C53H80N7O4SY-. The maximum absolute atomic E-state index is 12.5. The Morgan fingerprint density at radius 1 is 0.606 bits per heavy atom. The smallest absolute Gasteiger partial charge is 0.299 e. The first-order valence-electron chi connectivity index (χ1n) is 22.5. The van der Waals surface area contributed by atoms with Gasteiger partial charge < -0.3 is 10.4 Å². The van der Waals surface area contributed by atoms with Crippen LogP contribution in [0, 0.1) is 13.0 Å². The number of hydrogen-bond donors (Lipinski definition) is 2. The largest absolute Gasteiger partial charge is 0.505 e. The molecule has 0 aliphatic carbocycles. The summed E-state index contributed by atoms with van der Waals surface area (Å²) in [6, 6.07) is 41.5. The number of benzene rings is 6. The summed E-state index contributed by atoms with van der Waals surface area (Å²) in [5.41, 5.74) is 2.35. The first kappa shape index (κ1) is 67.8. The molecule has 0 saturated heterocycles. The number of phenolic OH excluding ortho intramolecular Hbond substituents is 1. The van der Waals surface area contributed by atoms with Gasteiger partial charge in [0.2, 0.25) is 0 Å². The number of anilines is 1. The van der Waals surface area contributed by atoms with Crippen molar-refractivity contribution in [1.82, 2.24) is 0 Å². The minimum atomic E-state index is -4.17. The molecule has 0 atom stereocenters. The van der Waals surface area contributed by atoms with Crippen molar-refractivity contribution in [3.05, 3.63) is 133 Å². The standard InChI is InChI=1S/C21H22N5O4S.C10H8.C6H6.4C3H8.C2H6N2.C2H6.Y/c1-5-23-15-6-8-17-14(11-15)12-19(31(28,29)30-4)20(21(17)27)26-24-16-7-9-18(25-22-3)13(2)10-16;1-2-6-10-8-4-3-7-9(10)5-1;1-2-4-6-5-3-1;4*1-3-2;1-3-4-2;1-2;/h6,8-12,23,27H,5H2,1-4H3;1-8H;1-6H;4*3H2,1-2H3;1-2H3;1-2H3;/q-1;;;;;;;;;.